The highest BCUT2D eigenvalue weighted by molar-refractivity contribution is 6.07. The molecule has 3 heterocycles. The molecule has 5 aromatic rings. The van der Waals surface area contributed by atoms with Gasteiger partial charge in [-0.2, -0.15) is 9.03 Å². The molecule has 0 saturated carbocycles. The molecule has 0 radical (unpaired) electrons. The number of aromatic nitrogens is 3. The molecule has 148 valence electrons. The van der Waals surface area contributed by atoms with Crippen molar-refractivity contribution in [2.24, 2.45) is 0 Å². The van der Waals surface area contributed by atoms with E-state index >= 15 is 0 Å². The topological polar surface area (TPSA) is 87.3 Å². The highest BCUT2D eigenvalue weighted by Crippen LogP contribution is 2.22. The van der Waals surface area contributed by atoms with Crippen LogP contribution in [0.1, 0.15) is 16.2 Å². The smallest absolute Gasteiger partial charge is 0.357 e. The van der Waals surface area contributed by atoms with E-state index in [0.29, 0.717) is 22.3 Å². The maximum atomic E-state index is 13.4. The Bertz CT molecular complexity index is 1520. The first kappa shape index (κ1) is 17.7. The molecule has 8 nitrogen and oxygen atoms in total. The van der Waals surface area contributed by atoms with Crippen LogP contribution in [0.25, 0.3) is 16.6 Å². The Morgan fingerprint density at radius 2 is 1.67 bits per heavy atom. The Balaban J connectivity index is 1.97. The second kappa shape index (κ2) is 6.63. The number of carbonyl (C=O) groups is 1. The average Bonchev–Trinajstić information content (AvgIpc) is 3.40. The van der Waals surface area contributed by atoms with E-state index in [0.717, 1.165) is 9.08 Å². The van der Waals surface area contributed by atoms with E-state index < -0.39 is 17.2 Å². The van der Waals surface area contributed by atoms with Crippen molar-refractivity contribution >= 4 is 16.7 Å². The summed E-state index contributed by atoms with van der Waals surface area (Å²) < 4.78 is 13.8. The highest BCUT2D eigenvalue weighted by Gasteiger charge is 2.23. The molecule has 0 atom stereocenters. The van der Waals surface area contributed by atoms with E-state index in [9.17, 15) is 14.4 Å². The minimum Gasteiger partial charge on any atom is -0.497 e. The van der Waals surface area contributed by atoms with E-state index in [1.165, 1.54) is 24.0 Å². The van der Waals surface area contributed by atoms with Gasteiger partial charge in [-0.15, -0.1) is 0 Å². The number of benzene rings is 2. The number of rotatable bonds is 4. The molecule has 30 heavy (non-hydrogen) atoms. The van der Waals surface area contributed by atoms with Gasteiger partial charge >= 0.3 is 11.4 Å². The second-order valence-corrected chi connectivity index (χ2v) is 6.62. The molecule has 0 aliphatic heterocycles. The summed E-state index contributed by atoms with van der Waals surface area (Å²) in [6.07, 6.45) is 1.38. The summed E-state index contributed by atoms with van der Waals surface area (Å²) in [6.45, 7) is 0. The molecule has 0 N–H and O–H groups in total. The number of nitrogens with zero attached hydrogens (tertiary/aromatic N) is 3. The molecule has 0 saturated heterocycles. The molecular weight excluding hydrogens is 386 g/mol. The number of ketones is 1. The Morgan fingerprint density at radius 1 is 0.900 bits per heavy atom. The molecular formula is C22H15N3O5. The van der Waals surface area contributed by atoms with Crippen molar-refractivity contribution in [1.29, 1.82) is 0 Å². The Morgan fingerprint density at radius 3 is 2.37 bits per heavy atom. The molecule has 0 amide bonds. The van der Waals surface area contributed by atoms with Crippen molar-refractivity contribution in [3.8, 4) is 11.4 Å². The number of ether oxygens (including phenoxy) is 1. The quantitative estimate of drug-likeness (QED) is 0.432. The van der Waals surface area contributed by atoms with Gasteiger partial charge in [0.05, 0.1) is 24.6 Å². The summed E-state index contributed by atoms with van der Waals surface area (Å²) in [7, 11) is 1.51. The van der Waals surface area contributed by atoms with E-state index in [4.69, 9.17) is 9.15 Å². The van der Waals surface area contributed by atoms with E-state index in [1.54, 1.807) is 60.7 Å². The van der Waals surface area contributed by atoms with Crippen LogP contribution in [-0.4, -0.2) is 26.5 Å². The van der Waals surface area contributed by atoms with Crippen molar-refractivity contribution in [3.63, 3.8) is 0 Å². The maximum Gasteiger partial charge on any atom is 0.357 e. The van der Waals surface area contributed by atoms with Crippen LogP contribution < -0.4 is 16.1 Å². The van der Waals surface area contributed by atoms with Crippen LogP contribution in [0.15, 0.2) is 87.0 Å². The minimum absolute atomic E-state index is 0.0133. The summed E-state index contributed by atoms with van der Waals surface area (Å²) in [5.41, 5.74) is -0.415. The van der Waals surface area contributed by atoms with Crippen molar-refractivity contribution in [3.05, 3.63) is 105 Å². The van der Waals surface area contributed by atoms with Gasteiger partial charge in [0.2, 0.25) is 5.78 Å². The normalized spacial score (nSPS) is 11.2. The zero-order chi connectivity index (χ0) is 20.8. The molecule has 0 fully saturated rings. The third-order valence-corrected chi connectivity index (χ3v) is 4.92. The minimum atomic E-state index is -0.661. The molecule has 0 aliphatic carbocycles. The van der Waals surface area contributed by atoms with Crippen LogP contribution in [0, 0.1) is 0 Å². The van der Waals surface area contributed by atoms with Crippen LogP contribution in [0.3, 0.4) is 0 Å². The number of fused-ring (bicyclic) bond motifs is 3. The largest absolute Gasteiger partial charge is 0.497 e. The van der Waals surface area contributed by atoms with Crippen molar-refractivity contribution in [2.75, 3.05) is 7.11 Å². The second-order valence-electron chi connectivity index (χ2n) is 6.62. The number of furan rings is 1. The van der Waals surface area contributed by atoms with Crippen LogP contribution in [-0.2, 0) is 0 Å². The fourth-order valence-corrected chi connectivity index (χ4v) is 3.52. The third-order valence-electron chi connectivity index (χ3n) is 4.92. The monoisotopic (exact) mass is 401 g/mol. The van der Waals surface area contributed by atoms with Crippen LogP contribution in [0.4, 0.5) is 0 Å². The number of methoxy groups -OCH3 is 1. The number of hydrogen-bond acceptors (Lipinski definition) is 5. The lowest BCUT2D eigenvalue weighted by Gasteiger charge is -2.09. The Kier molecular flexibility index (Phi) is 3.92. The van der Waals surface area contributed by atoms with Gasteiger partial charge in [0.25, 0.3) is 0 Å². The maximum absolute atomic E-state index is 13.4. The van der Waals surface area contributed by atoms with Gasteiger partial charge in [-0.1, -0.05) is 18.2 Å². The van der Waals surface area contributed by atoms with Gasteiger partial charge in [-0.25, -0.2) is 14.2 Å². The summed E-state index contributed by atoms with van der Waals surface area (Å²) in [5, 5.41) is 0.595. The number of hydrogen-bond donors (Lipinski definition) is 0. The fraction of sp³-hybridized carbons (Fsp3) is 0.0455. The third kappa shape index (κ3) is 2.51. The lowest BCUT2D eigenvalue weighted by atomic mass is 10.1. The first-order chi connectivity index (χ1) is 14.6. The van der Waals surface area contributed by atoms with Crippen LogP contribution >= 0.6 is 0 Å². The van der Waals surface area contributed by atoms with Crippen LogP contribution in [0.5, 0.6) is 5.75 Å². The average molecular weight is 401 g/mol. The van der Waals surface area contributed by atoms with E-state index in [-0.39, 0.29) is 11.5 Å². The number of carbonyl (C=O) groups excluding carboxylic acids is 1. The highest BCUT2D eigenvalue weighted by atomic mass is 16.5. The van der Waals surface area contributed by atoms with Gasteiger partial charge in [0.15, 0.2) is 5.76 Å². The standard InChI is InChI=1S/C22H15N3O5/c1-29-16-10-9-14-12-18(20(26)19-8-5-11-30-19)25-22(28)23(15-6-3-2-4-7-15)21(27)24(25)17(14)13-16/h2-13H,1H3. The van der Waals surface area contributed by atoms with Crippen LogP contribution in [0.2, 0.25) is 0 Å². The molecule has 0 aliphatic rings. The van der Waals surface area contributed by atoms with Gasteiger partial charge < -0.3 is 9.15 Å². The lowest BCUT2D eigenvalue weighted by molar-refractivity contribution is 0.100. The first-order valence-electron chi connectivity index (χ1n) is 9.11. The van der Waals surface area contributed by atoms with Crippen molar-refractivity contribution < 1.29 is 13.9 Å². The molecule has 5 rings (SSSR count). The first-order valence-corrected chi connectivity index (χ1v) is 9.11. The molecule has 3 aromatic heterocycles. The molecule has 0 unspecified atom stereocenters. The molecule has 8 heteroatoms. The van der Waals surface area contributed by atoms with E-state index in [2.05, 4.69) is 0 Å². The SMILES string of the molecule is COc1ccc2cc(C(=O)c3ccco3)n3c(=O)n(-c4ccccc4)c(=O)n3c2c1. The molecule has 2 aromatic carbocycles. The van der Waals surface area contributed by atoms with Crippen molar-refractivity contribution in [1.82, 2.24) is 13.6 Å². The van der Waals surface area contributed by atoms with Gasteiger partial charge in [0.1, 0.15) is 11.4 Å². The summed E-state index contributed by atoms with van der Waals surface area (Å²) in [4.78, 5) is 39.8. The predicted molar refractivity (Wildman–Crippen MR) is 109 cm³/mol. The summed E-state index contributed by atoms with van der Waals surface area (Å²) in [6, 6.07) is 18.3. The summed E-state index contributed by atoms with van der Waals surface area (Å²) in [5.74, 6) is 0.0698. The van der Waals surface area contributed by atoms with E-state index in [1.807, 2.05) is 0 Å². The van der Waals surface area contributed by atoms with Gasteiger partial charge in [0, 0.05) is 11.5 Å². The zero-order valence-corrected chi connectivity index (χ0v) is 15.8. The Labute approximate surface area is 168 Å². The predicted octanol–water partition coefficient (Wildman–Crippen LogP) is 2.54. The molecule has 0 bridgehead atoms. The van der Waals surface area contributed by atoms with Crippen molar-refractivity contribution in [2.45, 2.75) is 0 Å². The van der Waals surface area contributed by atoms with Gasteiger partial charge in [-0.3, -0.25) is 4.79 Å². The van der Waals surface area contributed by atoms with Gasteiger partial charge in [-0.05, 0) is 42.5 Å². The Hall–Kier alpha value is -4.33. The summed E-state index contributed by atoms with van der Waals surface area (Å²) >= 11 is 0. The fourth-order valence-electron chi connectivity index (χ4n) is 3.52. The number of para-hydroxylation sites is 1. The molecule has 0 spiro atoms. The lowest BCUT2D eigenvalue weighted by Crippen LogP contribution is -2.26. The zero-order valence-electron chi connectivity index (χ0n) is 15.8.